The molecule has 0 aromatic heterocycles. The van der Waals surface area contributed by atoms with Gasteiger partial charge in [0, 0.05) is 31.6 Å². The fraction of sp³-hybridized carbons (Fsp3) is 0.478. The lowest BCUT2D eigenvalue weighted by Gasteiger charge is -2.37. The molecule has 0 amide bonds. The highest BCUT2D eigenvalue weighted by atomic mass is 19.1. The third-order valence-corrected chi connectivity index (χ3v) is 6.18. The SMILES string of the molecule is Fc1ccc(C(CCCN2CCN3CCC[C@@H]3C2)c2ccc(F)cc2)cc1. The van der Waals surface area contributed by atoms with Crippen LogP contribution < -0.4 is 0 Å². The van der Waals surface area contributed by atoms with Crippen LogP contribution in [-0.2, 0) is 0 Å². The first-order valence-corrected chi connectivity index (χ1v) is 10.2. The van der Waals surface area contributed by atoms with Gasteiger partial charge >= 0.3 is 0 Å². The van der Waals surface area contributed by atoms with E-state index in [1.165, 1.54) is 56.7 Å². The Bertz CT molecular complexity index is 684. The summed E-state index contributed by atoms with van der Waals surface area (Å²) in [6.45, 7) is 5.93. The Labute approximate surface area is 160 Å². The first-order chi connectivity index (χ1) is 13.2. The summed E-state index contributed by atoms with van der Waals surface area (Å²) in [5.74, 6) is -0.254. The summed E-state index contributed by atoms with van der Waals surface area (Å²) in [4.78, 5) is 5.23. The molecule has 0 radical (unpaired) electrons. The summed E-state index contributed by atoms with van der Waals surface area (Å²) >= 11 is 0. The monoisotopic (exact) mass is 370 g/mol. The Morgan fingerprint density at radius 2 is 1.48 bits per heavy atom. The lowest BCUT2D eigenvalue weighted by molar-refractivity contribution is 0.103. The predicted molar refractivity (Wildman–Crippen MR) is 105 cm³/mol. The molecular formula is C23H28F2N2. The molecule has 2 nitrogen and oxygen atoms in total. The molecule has 2 aliphatic heterocycles. The van der Waals surface area contributed by atoms with Gasteiger partial charge in [-0.3, -0.25) is 4.90 Å². The van der Waals surface area contributed by atoms with E-state index < -0.39 is 0 Å². The molecular weight excluding hydrogens is 342 g/mol. The van der Waals surface area contributed by atoms with Crippen molar-refractivity contribution in [2.24, 2.45) is 0 Å². The minimum Gasteiger partial charge on any atom is -0.301 e. The van der Waals surface area contributed by atoms with Crippen LogP contribution in [-0.4, -0.2) is 48.6 Å². The number of hydrogen-bond acceptors (Lipinski definition) is 2. The highest BCUT2D eigenvalue weighted by Gasteiger charge is 2.30. The molecule has 0 saturated carbocycles. The van der Waals surface area contributed by atoms with Gasteiger partial charge in [0.25, 0.3) is 0 Å². The number of rotatable bonds is 6. The molecule has 0 unspecified atom stereocenters. The Hall–Kier alpha value is -1.78. The quantitative estimate of drug-likeness (QED) is 0.730. The molecule has 0 spiro atoms. The van der Waals surface area contributed by atoms with Crippen molar-refractivity contribution in [3.63, 3.8) is 0 Å². The highest BCUT2D eigenvalue weighted by Crippen LogP contribution is 2.30. The number of fused-ring (bicyclic) bond motifs is 1. The lowest BCUT2D eigenvalue weighted by atomic mass is 9.87. The minimum absolute atomic E-state index is 0.180. The summed E-state index contributed by atoms with van der Waals surface area (Å²) < 4.78 is 26.7. The Morgan fingerprint density at radius 1 is 0.852 bits per heavy atom. The summed E-state index contributed by atoms with van der Waals surface area (Å²) in [5.41, 5.74) is 2.20. The van der Waals surface area contributed by atoms with E-state index in [4.69, 9.17) is 0 Å². The van der Waals surface area contributed by atoms with Crippen LogP contribution in [0.25, 0.3) is 0 Å². The van der Waals surface area contributed by atoms with Gasteiger partial charge in [0.15, 0.2) is 0 Å². The molecule has 4 rings (SSSR count). The van der Waals surface area contributed by atoms with E-state index in [-0.39, 0.29) is 17.6 Å². The van der Waals surface area contributed by atoms with Gasteiger partial charge in [0.1, 0.15) is 11.6 Å². The summed E-state index contributed by atoms with van der Waals surface area (Å²) in [5, 5.41) is 0. The van der Waals surface area contributed by atoms with Crippen molar-refractivity contribution >= 4 is 0 Å². The average Bonchev–Trinajstić information content (AvgIpc) is 3.15. The second-order valence-electron chi connectivity index (χ2n) is 7.93. The van der Waals surface area contributed by atoms with E-state index in [0.717, 1.165) is 43.1 Å². The topological polar surface area (TPSA) is 6.48 Å². The van der Waals surface area contributed by atoms with Crippen molar-refractivity contribution < 1.29 is 8.78 Å². The van der Waals surface area contributed by atoms with E-state index in [1.807, 2.05) is 24.3 Å². The number of hydrogen-bond donors (Lipinski definition) is 0. The molecule has 2 aromatic carbocycles. The van der Waals surface area contributed by atoms with Gasteiger partial charge in [-0.2, -0.15) is 0 Å². The van der Waals surface area contributed by atoms with Crippen LogP contribution in [0.1, 0.15) is 42.7 Å². The summed E-state index contributed by atoms with van der Waals surface area (Å²) in [6, 6.07) is 14.3. The number of halogens is 2. The predicted octanol–water partition coefficient (Wildman–Crippen LogP) is 4.66. The van der Waals surface area contributed by atoms with Gasteiger partial charge in [-0.15, -0.1) is 0 Å². The Morgan fingerprint density at radius 3 is 2.11 bits per heavy atom. The highest BCUT2D eigenvalue weighted by molar-refractivity contribution is 5.32. The zero-order chi connectivity index (χ0) is 18.6. The maximum Gasteiger partial charge on any atom is 0.123 e. The number of benzene rings is 2. The van der Waals surface area contributed by atoms with E-state index in [0.29, 0.717) is 0 Å². The normalized spacial score (nSPS) is 20.9. The average molecular weight is 370 g/mol. The fourth-order valence-electron chi connectivity index (χ4n) is 4.69. The molecule has 1 atom stereocenters. The molecule has 4 heteroatoms. The van der Waals surface area contributed by atoms with Crippen LogP contribution in [0.2, 0.25) is 0 Å². The van der Waals surface area contributed by atoms with Gasteiger partial charge < -0.3 is 4.90 Å². The second-order valence-corrected chi connectivity index (χ2v) is 7.93. The third-order valence-electron chi connectivity index (χ3n) is 6.18. The standard InChI is InChI=1S/C23H28F2N2/c24-20-9-5-18(6-10-20)23(19-7-11-21(25)12-8-19)4-2-13-26-15-16-27-14-1-3-22(27)17-26/h5-12,22-23H,1-4,13-17H2/t22-/m1/s1. The molecule has 2 heterocycles. The lowest BCUT2D eigenvalue weighted by Crippen LogP contribution is -2.50. The number of nitrogens with zero attached hydrogens (tertiary/aromatic N) is 2. The first kappa shape index (κ1) is 18.6. The minimum atomic E-state index is -0.217. The van der Waals surface area contributed by atoms with Crippen molar-refractivity contribution in [1.29, 1.82) is 0 Å². The third kappa shape index (κ3) is 4.56. The fourth-order valence-corrected chi connectivity index (χ4v) is 4.69. The Balaban J connectivity index is 1.40. The maximum absolute atomic E-state index is 13.3. The maximum atomic E-state index is 13.3. The van der Waals surface area contributed by atoms with Crippen molar-refractivity contribution in [1.82, 2.24) is 9.80 Å². The smallest absolute Gasteiger partial charge is 0.123 e. The van der Waals surface area contributed by atoms with Crippen molar-refractivity contribution in [3.05, 3.63) is 71.3 Å². The Kier molecular flexibility index (Phi) is 5.84. The molecule has 0 N–H and O–H groups in total. The summed E-state index contributed by atoms with van der Waals surface area (Å²) in [6.07, 6.45) is 4.76. The van der Waals surface area contributed by atoms with E-state index >= 15 is 0 Å². The molecule has 144 valence electrons. The second kappa shape index (κ2) is 8.49. The van der Waals surface area contributed by atoms with Crippen molar-refractivity contribution in [2.45, 2.75) is 37.6 Å². The van der Waals surface area contributed by atoms with Crippen LogP contribution in [0, 0.1) is 11.6 Å². The zero-order valence-electron chi connectivity index (χ0n) is 15.8. The number of piperazine rings is 1. The molecule has 2 aliphatic rings. The van der Waals surface area contributed by atoms with Crippen molar-refractivity contribution in [3.8, 4) is 0 Å². The van der Waals surface area contributed by atoms with E-state index in [9.17, 15) is 8.78 Å². The summed E-state index contributed by atoms with van der Waals surface area (Å²) in [7, 11) is 0. The largest absolute Gasteiger partial charge is 0.301 e. The molecule has 2 saturated heterocycles. The molecule has 27 heavy (non-hydrogen) atoms. The first-order valence-electron chi connectivity index (χ1n) is 10.2. The van der Waals surface area contributed by atoms with Crippen LogP contribution >= 0.6 is 0 Å². The van der Waals surface area contributed by atoms with Crippen LogP contribution in [0.3, 0.4) is 0 Å². The van der Waals surface area contributed by atoms with Crippen LogP contribution in [0.15, 0.2) is 48.5 Å². The van der Waals surface area contributed by atoms with Gasteiger partial charge in [-0.25, -0.2) is 8.78 Å². The van der Waals surface area contributed by atoms with Crippen LogP contribution in [0.4, 0.5) is 8.78 Å². The molecule has 2 fully saturated rings. The van der Waals surface area contributed by atoms with Gasteiger partial charge in [-0.1, -0.05) is 24.3 Å². The van der Waals surface area contributed by atoms with Gasteiger partial charge in [0.05, 0.1) is 0 Å². The van der Waals surface area contributed by atoms with E-state index in [2.05, 4.69) is 9.80 Å². The van der Waals surface area contributed by atoms with Crippen LogP contribution in [0.5, 0.6) is 0 Å². The molecule has 2 aromatic rings. The molecule has 0 bridgehead atoms. The van der Waals surface area contributed by atoms with Crippen molar-refractivity contribution in [2.75, 3.05) is 32.7 Å². The van der Waals surface area contributed by atoms with Gasteiger partial charge in [0.2, 0.25) is 0 Å². The zero-order valence-corrected chi connectivity index (χ0v) is 15.8. The molecule has 0 aliphatic carbocycles. The van der Waals surface area contributed by atoms with E-state index in [1.54, 1.807) is 0 Å². The van der Waals surface area contributed by atoms with Gasteiger partial charge in [-0.05, 0) is 74.2 Å².